The summed E-state index contributed by atoms with van der Waals surface area (Å²) in [6.45, 7) is 8.24. The summed E-state index contributed by atoms with van der Waals surface area (Å²) < 4.78 is 0. The topological polar surface area (TPSA) is 32.3 Å². The molecule has 2 rings (SSSR count). The normalized spacial score (nSPS) is 23.4. The molecule has 1 aliphatic carbocycles. The maximum absolute atomic E-state index is 12.5. The fraction of sp³-hybridized carbons (Fsp3) is 0.933. The van der Waals surface area contributed by atoms with Crippen molar-refractivity contribution < 1.29 is 4.79 Å². The van der Waals surface area contributed by atoms with Crippen LogP contribution in [0.4, 0.5) is 0 Å². The van der Waals surface area contributed by atoms with Crippen LogP contribution in [0.1, 0.15) is 52.4 Å². The Hall–Kier alpha value is -0.410. The summed E-state index contributed by atoms with van der Waals surface area (Å²) >= 11 is 0. The van der Waals surface area contributed by atoms with Crippen molar-refractivity contribution in [3.63, 3.8) is 0 Å². The molecule has 0 amide bonds. The second-order valence-corrected chi connectivity index (χ2v) is 6.41. The third-order valence-corrected chi connectivity index (χ3v) is 4.84. The first-order valence-electron chi connectivity index (χ1n) is 7.60. The van der Waals surface area contributed by atoms with Gasteiger partial charge in [-0.3, -0.25) is 9.69 Å². The molecule has 3 heteroatoms. The van der Waals surface area contributed by atoms with E-state index in [4.69, 9.17) is 0 Å². The van der Waals surface area contributed by atoms with Crippen LogP contribution in [0.3, 0.4) is 0 Å². The van der Waals surface area contributed by atoms with Crippen molar-refractivity contribution >= 4 is 5.78 Å². The highest BCUT2D eigenvalue weighted by Gasteiger charge is 2.34. The minimum Gasteiger partial charge on any atom is -0.314 e. The summed E-state index contributed by atoms with van der Waals surface area (Å²) in [6.07, 6.45) is 7.35. The molecular formula is C15H28N2O. The van der Waals surface area contributed by atoms with E-state index in [1.165, 1.54) is 25.7 Å². The first-order valence-corrected chi connectivity index (χ1v) is 7.60. The Morgan fingerprint density at radius 3 is 2.44 bits per heavy atom. The lowest BCUT2D eigenvalue weighted by Crippen LogP contribution is -2.57. The van der Waals surface area contributed by atoms with Crippen LogP contribution in [0.2, 0.25) is 0 Å². The zero-order valence-electron chi connectivity index (χ0n) is 12.0. The van der Waals surface area contributed by atoms with E-state index in [1.54, 1.807) is 0 Å². The molecule has 0 aromatic carbocycles. The van der Waals surface area contributed by atoms with Crippen molar-refractivity contribution in [2.75, 3.05) is 26.2 Å². The fourth-order valence-electron chi connectivity index (χ4n) is 3.34. The van der Waals surface area contributed by atoms with E-state index in [-0.39, 0.29) is 5.54 Å². The van der Waals surface area contributed by atoms with Gasteiger partial charge in [-0.05, 0) is 26.2 Å². The Balaban J connectivity index is 1.81. The zero-order valence-corrected chi connectivity index (χ0v) is 12.0. The predicted molar refractivity (Wildman–Crippen MR) is 74.7 cm³/mol. The standard InChI is InChI=1S/C15H28N2O/c1-15(2,17-11-9-16-10-12-17)14(18)8-7-13-5-3-4-6-13/h13,16H,3-12H2,1-2H3. The van der Waals surface area contributed by atoms with E-state index in [0.717, 1.165) is 44.9 Å². The fourth-order valence-corrected chi connectivity index (χ4v) is 3.34. The lowest BCUT2D eigenvalue weighted by molar-refractivity contribution is -0.130. The average molecular weight is 252 g/mol. The van der Waals surface area contributed by atoms with Crippen LogP contribution >= 0.6 is 0 Å². The van der Waals surface area contributed by atoms with Gasteiger partial charge in [0.2, 0.25) is 0 Å². The molecule has 0 aromatic rings. The molecule has 0 radical (unpaired) electrons. The quantitative estimate of drug-likeness (QED) is 0.814. The van der Waals surface area contributed by atoms with Crippen LogP contribution < -0.4 is 5.32 Å². The van der Waals surface area contributed by atoms with Gasteiger partial charge in [0.1, 0.15) is 0 Å². The zero-order chi connectivity index (χ0) is 13.0. The maximum Gasteiger partial charge on any atom is 0.152 e. The highest BCUT2D eigenvalue weighted by molar-refractivity contribution is 5.87. The summed E-state index contributed by atoms with van der Waals surface area (Å²) in [7, 11) is 0. The number of rotatable bonds is 5. The van der Waals surface area contributed by atoms with Crippen LogP contribution in [0.15, 0.2) is 0 Å². The van der Waals surface area contributed by atoms with Crippen molar-refractivity contribution in [1.82, 2.24) is 10.2 Å². The second kappa shape index (κ2) is 6.16. The molecule has 104 valence electrons. The average Bonchev–Trinajstić information content (AvgIpc) is 2.90. The van der Waals surface area contributed by atoms with Gasteiger partial charge < -0.3 is 5.32 Å². The lowest BCUT2D eigenvalue weighted by Gasteiger charge is -2.40. The number of carbonyl (C=O) groups is 1. The molecule has 1 N–H and O–H groups in total. The van der Waals surface area contributed by atoms with Gasteiger partial charge in [0, 0.05) is 32.6 Å². The molecular weight excluding hydrogens is 224 g/mol. The lowest BCUT2D eigenvalue weighted by atomic mass is 9.89. The Morgan fingerprint density at radius 2 is 1.83 bits per heavy atom. The third-order valence-electron chi connectivity index (χ3n) is 4.84. The molecule has 0 aromatic heterocycles. The summed E-state index contributed by atoms with van der Waals surface area (Å²) in [6, 6.07) is 0. The number of nitrogens with zero attached hydrogens (tertiary/aromatic N) is 1. The Labute approximate surface area is 111 Å². The van der Waals surface area contributed by atoms with Gasteiger partial charge in [0.25, 0.3) is 0 Å². The van der Waals surface area contributed by atoms with Gasteiger partial charge in [0.05, 0.1) is 5.54 Å². The third kappa shape index (κ3) is 3.33. The number of hydrogen-bond donors (Lipinski definition) is 1. The molecule has 1 heterocycles. The molecule has 0 bridgehead atoms. The van der Waals surface area contributed by atoms with Gasteiger partial charge in [-0.2, -0.15) is 0 Å². The highest BCUT2D eigenvalue weighted by atomic mass is 16.1. The molecule has 0 unspecified atom stereocenters. The summed E-state index contributed by atoms with van der Waals surface area (Å²) in [4.78, 5) is 14.8. The van der Waals surface area contributed by atoms with Crippen molar-refractivity contribution in [1.29, 1.82) is 0 Å². The SMILES string of the molecule is CC(C)(C(=O)CCC1CCCC1)N1CCNCC1. The number of nitrogens with one attached hydrogen (secondary N) is 1. The Kier molecular flexibility index (Phi) is 4.79. The molecule has 2 fully saturated rings. The molecule has 1 aliphatic heterocycles. The number of ketones is 1. The van der Waals surface area contributed by atoms with E-state index >= 15 is 0 Å². The number of carbonyl (C=O) groups excluding carboxylic acids is 1. The summed E-state index contributed by atoms with van der Waals surface area (Å²) in [5.74, 6) is 1.27. The van der Waals surface area contributed by atoms with Crippen LogP contribution in [0.5, 0.6) is 0 Å². The molecule has 18 heavy (non-hydrogen) atoms. The van der Waals surface area contributed by atoms with Crippen molar-refractivity contribution in [3.8, 4) is 0 Å². The van der Waals surface area contributed by atoms with Crippen LogP contribution in [-0.2, 0) is 4.79 Å². The summed E-state index contributed by atoms with van der Waals surface area (Å²) in [5.41, 5.74) is -0.263. The number of piperazine rings is 1. The Bertz CT molecular complexity index is 276. The van der Waals surface area contributed by atoms with Crippen LogP contribution in [0, 0.1) is 5.92 Å². The van der Waals surface area contributed by atoms with Gasteiger partial charge in [0.15, 0.2) is 5.78 Å². The van der Waals surface area contributed by atoms with Crippen molar-refractivity contribution in [3.05, 3.63) is 0 Å². The van der Waals surface area contributed by atoms with Crippen molar-refractivity contribution in [2.45, 2.75) is 57.9 Å². The largest absolute Gasteiger partial charge is 0.314 e. The van der Waals surface area contributed by atoms with Crippen LogP contribution in [-0.4, -0.2) is 42.4 Å². The Morgan fingerprint density at radius 1 is 1.22 bits per heavy atom. The van der Waals surface area contributed by atoms with E-state index in [2.05, 4.69) is 24.1 Å². The predicted octanol–water partition coefficient (Wildman–Crippen LogP) is 2.21. The molecule has 1 saturated heterocycles. The van der Waals surface area contributed by atoms with E-state index in [9.17, 15) is 4.79 Å². The highest BCUT2D eigenvalue weighted by Crippen LogP contribution is 2.30. The van der Waals surface area contributed by atoms with E-state index in [0.29, 0.717) is 5.78 Å². The molecule has 0 atom stereocenters. The minimum absolute atomic E-state index is 0.263. The molecule has 3 nitrogen and oxygen atoms in total. The summed E-state index contributed by atoms with van der Waals surface area (Å²) in [5, 5.41) is 3.35. The number of Topliss-reactive ketones (excluding diaryl/α,β-unsaturated/α-hetero) is 1. The minimum atomic E-state index is -0.263. The second-order valence-electron chi connectivity index (χ2n) is 6.41. The number of hydrogen-bond acceptors (Lipinski definition) is 3. The molecule has 1 saturated carbocycles. The van der Waals surface area contributed by atoms with E-state index in [1.807, 2.05) is 0 Å². The monoisotopic (exact) mass is 252 g/mol. The van der Waals surface area contributed by atoms with Gasteiger partial charge in [-0.1, -0.05) is 25.7 Å². The smallest absolute Gasteiger partial charge is 0.152 e. The molecule has 0 spiro atoms. The van der Waals surface area contributed by atoms with E-state index < -0.39 is 0 Å². The van der Waals surface area contributed by atoms with Crippen LogP contribution in [0.25, 0.3) is 0 Å². The molecule has 2 aliphatic rings. The first-order chi connectivity index (χ1) is 8.60. The maximum atomic E-state index is 12.5. The van der Waals surface area contributed by atoms with Gasteiger partial charge in [-0.25, -0.2) is 0 Å². The first kappa shape index (κ1) is 14.0. The van der Waals surface area contributed by atoms with Crippen molar-refractivity contribution in [2.24, 2.45) is 5.92 Å². The van der Waals surface area contributed by atoms with Gasteiger partial charge in [-0.15, -0.1) is 0 Å². The van der Waals surface area contributed by atoms with Gasteiger partial charge >= 0.3 is 0 Å².